The number of carbonyl (C=O) groups excluding carboxylic acids is 1. The molecule has 4 rings (SSSR count). The molecule has 2 fully saturated rings. The number of piperidine rings is 1. The zero-order valence-electron chi connectivity index (χ0n) is 15.9. The molecule has 0 unspecified atom stereocenters. The van der Waals surface area contributed by atoms with Crippen LogP contribution in [-0.2, 0) is 0 Å². The minimum absolute atomic E-state index is 0. The van der Waals surface area contributed by atoms with E-state index in [0.717, 1.165) is 60.8 Å². The van der Waals surface area contributed by atoms with Crippen molar-refractivity contribution in [3.63, 3.8) is 0 Å². The van der Waals surface area contributed by atoms with Gasteiger partial charge in [-0.1, -0.05) is 12.1 Å². The summed E-state index contributed by atoms with van der Waals surface area (Å²) < 4.78 is 5.24. The maximum atomic E-state index is 13.0. The summed E-state index contributed by atoms with van der Waals surface area (Å²) >= 11 is 1.61. The Hall–Kier alpha value is -1.56. The van der Waals surface area contributed by atoms with E-state index in [0.29, 0.717) is 5.41 Å². The summed E-state index contributed by atoms with van der Waals surface area (Å²) in [6, 6.07) is 10.1. The molecule has 2 saturated heterocycles. The molecule has 2 aromatic rings. The molecule has 0 atom stereocenters. The highest BCUT2D eigenvalue weighted by atomic mass is 35.5. The fraction of sp³-hybridized carbons (Fsp3) is 0.476. The van der Waals surface area contributed by atoms with Gasteiger partial charge in [-0.05, 0) is 67.5 Å². The number of benzene rings is 1. The van der Waals surface area contributed by atoms with Crippen molar-refractivity contribution in [1.29, 1.82) is 0 Å². The summed E-state index contributed by atoms with van der Waals surface area (Å²) in [6.45, 7) is 6.11. The van der Waals surface area contributed by atoms with Crippen molar-refractivity contribution >= 4 is 29.7 Å². The highest BCUT2D eigenvalue weighted by Crippen LogP contribution is 2.38. The van der Waals surface area contributed by atoms with Gasteiger partial charge >= 0.3 is 0 Å². The molecule has 0 aliphatic carbocycles. The first kappa shape index (κ1) is 20.2. The van der Waals surface area contributed by atoms with Crippen molar-refractivity contribution in [3.05, 3.63) is 40.1 Å². The lowest BCUT2D eigenvalue weighted by molar-refractivity contribution is 0.0612. The van der Waals surface area contributed by atoms with E-state index in [-0.39, 0.29) is 18.3 Å². The fourth-order valence-corrected chi connectivity index (χ4v) is 5.22. The van der Waals surface area contributed by atoms with Crippen LogP contribution in [0.25, 0.3) is 11.1 Å². The molecule has 1 spiro atoms. The van der Waals surface area contributed by atoms with Crippen LogP contribution < -0.4 is 10.1 Å². The molecule has 1 amide bonds. The number of amides is 1. The first-order chi connectivity index (χ1) is 12.6. The second-order valence-corrected chi connectivity index (χ2v) is 8.78. The number of likely N-dealkylation sites (tertiary alicyclic amines) is 1. The van der Waals surface area contributed by atoms with Crippen LogP contribution in [0.5, 0.6) is 5.75 Å². The van der Waals surface area contributed by atoms with Crippen LogP contribution in [0.2, 0.25) is 0 Å². The van der Waals surface area contributed by atoms with E-state index in [4.69, 9.17) is 4.74 Å². The Labute approximate surface area is 171 Å². The van der Waals surface area contributed by atoms with E-state index in [9.17, 15) is 4.79 Å². The topological polar surface area (TPSA) is 41.6 Å². The predicted octanol–water partition coefficient (Wildman–Crippen LogP) is 4.37. The van der Waals surface area contributed by atoms with Gasteiger partial charge in [-0.25, -0.2) is 0 Å². The number of nitrogens with zero attached hydrogens (tertiary/aromatic N) is 1. The molecule has 3 heterocycles. The average Bonchev–Trinajstić information content (AvgIpc) is 3.29. The highest BCUT2D eigenvalue weighted by Gasteiger charge is 2.38. The standard InChI is InChI=1S/C21H26N2O2S.ClH/c1-15-18(16-3-5-17(25-2)6-4-16)13-19(26-15)20(24)23-11-8-21(9-12-23)7-10-22-14-21;/h3-6,13,22H,7-12,14H2,1-2H3;1H. The van der Waals surface area contributed by atoms with Crippen molar-refractivity contribution in [2.75, 3.05) is 33.3 Å². The quantitative estimate of drug-likeness (QED) is 0.822. The molecule has 1 aromatic heterocycles. The molecule has 4 nitrogen and oxygen atoms in total. The van der Waals surface area contributed by atoms with E-state index >= 15 is 0 Å². The van der Waals surface area contributed by atoms with Crippen LogP contribution in [0, 0.1) is 12.3 Å². The normalized spacial score (nSPS) is 18.4. The number of halogens is 1. The maximum Gasteiger partial charge on any atom is 0.263 e. The number of ether oxygens (including phenoxy) is 1. The minimum atomic E-state index is 0. The van der Waals surface area contributed by atoms with E-state index in [1.807, 2.05) is 17.0 Å². The second-order valence-electron chi connectivity index (χ2n) is 7.53. The summed E-state index contributed by atoms with van der Waals surface area (Å²) in [5.74, 6) is 1.04. The molecular weight excluding hydrogens is 380 g/mol. The van der Waals surface area contributed by atoms with Gasteiger partial charge in [0.1, 0.15) is 5.75 Å². The van der Waals surface area contributed by atoms with E-state index in [2.05, 4.69) is 30.4 Å². The number of thiophene rings is 1. The Kier molecular flexibility index (Phi) is 6.14. The van der Waals surface area contributed by atoms with E-state index < -0.39 is 0 Å². The van der Waals surface area contributed by atoms with Gasteiger partial charge < -0.3 is 15.0 Å². The van der Waals surface area contributed by atoms with Gasteiger partial charge in [0.25, 0.3) is 5.91 Å². The number of carbonyl (C=O) groups is 1. The van der Waals surface area contributed by atoms with Gasteiger partial charge in [-0.2, -0.15) is 0 Å². The Morgan fingerprint density at radius 1 is 1.19 bits per heavy atom. The summed E-state index contributed by atoms with van der Waals surface area (Å²) in [5.41, 5.74) is 2.72. The Balaban J connectivity index is 0.00000210. The third-order valence-electron chi connectivity index (χ3n) is 5.97. The summed E-state index contributed by atoms with van der Waals surface area (Å²) in [4.78, 5) is 17.1. The summed E-state index contributed by atoms with van der Waals surface area (Å²) in [6.07, 6.45) is 3.51. The number of methoxy groups -OCH3 is 1. The molecule has 146 valence electrons. The SMILES string of the molecule is COc1ccc(-c2cc(C(=O)N3CCC4(CCNC4)CC3)sc2C)cc1.Cl. The molecule has 1 aromatic carbocycles. The van der Waals surface area contributed by atoms with Crippen molar-refractivity contribution in [3.8, 4) is 16.9 Å². The number of rotatable bonds is 3. The van der Waals surface area contributed by atoms with Gasteiger partial charge in [-0.3, -0.25) is 4.79 Å². The van der Waals surface area contributed by atoms with Crippen LogP contribution in [0.15, 0.2) is 30.3 Å². The molecule has 6 heteroatoms. The third kappa shape index (κ3) is 4.00. The monoisotopic (exact) mass is 406 g/mol. The third-order valence-corrected chi connectivity index (χ3v) is 7.01. The number of hydrogen-bond acceptors (Lipinski definition) is 4. The van der Waals surface area contributed by atoms with Crippen molar-refractivity contribution < 1.29 is 9.53 Å². The van der Waals surface area contributed by atoms with Gasteiger partial charge in [0.15, 0.2) is 0 Å². The lowest BCUT2D eigenvalue weighted by atomic mass is 9.78. The van der Waals surface area contributed by atoms with Crippen molar-refractivity contribution in [1.82, 2.24) is 10.2 Å². The largest absolute Gasteiger partial charge is 0.497 e. The predicted molar refractivity (Wildman–Crippen MR) is 113 cm³/mol. The lowest BCUT2D eigenvalue weighted by Gasteiger charge is -2.38. The van der Waals surface area contributed by atoms with Crippen LogP contribution in [0.1, 0.15) is 33.8 Å². The van der Waals surface area contributed by atoms with Crippen LogP contribution in [-0.4, -0.2) is 44.1 Å². The van der Waals surface area contributed by atoms with Gasteiger partial charge in [0, 0.05) is 24.5 Å². The molecule has 2 aliphatic rings. The molecule has 1 N–H and O–H groups in total. The Morgan fingerprint density at radius 3 is 2.48 bits per heavy atom. The summed E-state index contributed by atoms with van der Waals surface area (Å²) in [7, 11) is 1.67. The molecule has 0 bridgehead atoms. The zero-order chi connectivity index (χ0) is 18.1. The average molecular weight is 407 g/mol. The number of hydrogen-bond donors (Lipinski definition) is 1. The van der Waals surface area contributed by atoms with E-state index in [1.165, 1.54) is 11.3 Å². The Bertz CT molecular complexity index is 787. The van der Waals surface area contributed by atoms with E-state index in [1.54, 1.807) is 18.4 Å². The molecular formula is C21H27ClN2O2S. The van der Waals surface area contributed by atoms with Crippen LogP contribution in [0.3, 0.4) is 0 Å². The fourth-order valence-electron chi connectivity index (χ4n) is 4.21. The number of aryl methyl sites for hydroxylation is 1. The summed E-state index contributed by atoms with van der Waals surface area (Å²) in [5, 5.41) is 3.49. The molecule has 0 saturated carbocycles. The first-order valence-electron chi connectivity index (χ1n) is 9.35. The minimum Gasteiger partial charge on any atom is -0.497 e. The van der Waals surface area contributed by atoms with Crippen LogP contribution >= 0.6 is 23.7 Å². The van der Waals surface area contributed by atoms with Crippen molar-refractivity contribution in [2.45, 2.75) is 26.2 Å². The molecule has 27 heavy (non-hydrogen) atoms. The lowest BCUT2D eigenvalue weighted by Crippen LogP contribution is -2.43. The highest BCUT2D eigenvalue weighted by molar-refractivity contribution is 7.14. The first-order valence-corrected chi connectivity index (χ1v) is 10.2. The Morgan fingerprint density at radius 2 is 1.89 bits per heavy atom. The number of nitrogens with one attached hydrogen (secondary N) is 1. The van der Waals surface area contributed by atoms with Crippen LogP contribution in [0.4, 0.5) is 0 Å². The molecule has 0 radical (unpaired) electrons. The second kappa shape index (κ2) is 8.21. The van der Waals surface area contributed by atoms with Gasteiger partial charge in [0.05, 0.1) is 12.0 Å². The maximum absolute atomic E-state index is 13.0. The van der Waals surface area contributed by atoms with Gasteiger partial charge in [0.2, 0.25) is 0 Å². The van der Waals surface area contributed by atoms with Gasteiger partial charge in [-0.15, -0.1) is 23.7 Å². The van der Waals surface area contributed by atoms with Crippen molar-refractivity contribution in [2.24, 2.45) is 5.41 Å². The smallest absolute Gasteiger partial charge is 0.263 e. The zero-order valence-corrected chi connectivity index (χ0v) is 17.5. The molecule has 2 aliphatic heterocycles.